The predicted octanol–water partition coefficient (Wildman–Crippen LogP) is 2.78. The van der Waals surface area contributed by atoms with E-state index in [4.69, 9.17) is 0 Å². The van der Waals surface area contributed by atoms with Crippen molar-refractivity contribution in [3.05, 3.63) is 35.4 Å². The van der Waals surface area contributed by atoms with Crippen molar-refractivity contribution in [1.29, 1.82) is 0 Å². The molecule has 2 rings (SSSR count). The molecule has 1 aromatic carbocycles. The Morgan fingerprint density at radius 1 is 1.21 bits per heavy atom. The minimum absolute atomic E-state index is 0.181. The van der Waals surface area contributed by atoms with Crippen LogP contribution in [0.15, 0.2) is 18.2 Å². The summed E-state index contributed by atoms with van der Waals surface area (Å²) in [7, 11) is 0. The fraction of sp³-hybridized carbons (Fsp3) is 0.455. The number of hydrogen-bond acceptors (Lipinski definition) is 1. The van der Waals surface area contributed by atoms with Gasteiger partial charge in [-0.25, -0.2) is 8.78 Å². The largest absolute Gasteiger partial charge is 0.307 e. The van der Waals surface area contributed by atoms with Crippen LogP contribution in [0.25, 0.3) is 0 Å². The summed E-state index contributed by atoms with van der Waals surface area (Å²) in [6.45, 7) is 2.10. The Hall–Kier alpha value is -0.960. The molecule has 0 saturated carbocycles. The van der Waals surface area contributed by atoms with Crippen LogP contribution in [-0.4, -0.2) is 6.04 Å². The molecule has 0 bridgehead atoms. The van der Waals surface area contributed by atoms with E-state index >= 15 is 0 Å². The van der Waals surface area contributed by atoms with Gasteiger partial charge in [0.15, 0.2) is 11.6 Å². The molecule has 1 N–H and O–H groups in total. The van der Waals surface area contributed by atoms with Crippen molar-refractivity contribution in [3.63, 3.8) is 0 Å². The Morgan fingerprint density at radius 3 is 2.57 bits per heavy atom. The Labute approximate surface area is 82.1 Å². The Kier molecular flexibility index (Phi) is 2.50. The predicted molar refractivity (Wildman–Crippen MR) is 50.9 cm³/mol. The van der Waals surface area contributed by atoms with Crippen LogP contribution in [0.2, 0.25) is 0 Å². The van der Waals surface area contributed by atoms with Crippen molar-refractivity contribution in [2.45, 2.75) is 31.8 Å². The SMILES string of the molecule is C[C@H]1CCC(c2ccc(F)c(F)c2)N1. The average Bonchev–Trinajstić information content (AvgIpc) is 2.57. The highest BCUT2D eigenvalue weighted by atomic mass is 19.2. The van der Waals surface area contributed by atoms with E-state index in [0.29, 0.717) is 6.04 Å². The molecular weight excluding hydrogens is 184 g/mol. The second-order valence-corrected chi connectivity index (χ2v) is 3.87. The fourth-order valence-electron chi connectivity index (χ4n) is 1.92. The maximum atomic E-state index is 12.9. The van der Waals surface area contributed by atoms with Crippen LogP contribution in [-0.2, 0) is 0 Å². The molecule has 3 heteroatoms. The summed E-state index contributed by atoms with van der Waals surface area (Å²) in [5.41, 5.74) is 0.841. The first-order chi connectivity index (χ1) is 6.66. The van der Waals surface area contributed by atoms with Crippen LogP contribution >= 0.6 is 0 Å². The van der Waals surface area contributed by atoms with Crippen LogP contribution in [0, 0.1) is 11.6 Å². The van der Waals surface area contributed by atoms with E-state index in [1.807, 2.05) is 0 Å². The van der Waals surface area contributed by atoms with Gasteiger partial charge in [-0.05, 0) is 37.5 Å². The summed E-state index contributed by atoms with van der Waals surface area (Å²) in [5, 5.41) is 3.33. The van der Waals surface area contributed by atoms with Gasteiger partial charge in [0.2, 0.25) is 0 Å². The molecule has 1 nitrogen and oxygen atoms in total. The molecule has 1 aromatic rings. The van der Waals surface area contributed by atoms with Gasteiger partial charge < -0.3 is 5.32 Å². The summed E-state index contributed by atoms with van der Waals surface area (Å²) in [6.07, 6.45) is 2.08. The molecule has 76 valence electrons. The van der Waals surface area contributed by atoms with E-state index in [1.54, 1.807) is 6.07 Å². The molecule has 1 aliphatic rings. The quantitative estimate of drug-likeness (QED) is 0.730. The molecule has 0 spiro atoms. The molecule has 0 radical (unpaired) electrons. The monoisotopic (exact) mass is 197 g/mol. The van der Waals surface area contributed by atoms with Gasteiger partial charge in [0.05, 0.1) is 0 Å². The summed E-state index contributed by atoms with van der Waals surface area (Å²) in [4.78, 5) is 0. The van der Waals surface area contributed by atoms with Gasteiger partial charge in [0.25, 0.3) is 0 Å². The van der Waals surface area contributed by atoms with E-state index in [9.17, 15) is 8.78 Å². The maximum absolute atomic E-state index is 12.9. The normalized spacial score (nSPS) is 26.8. The van der Waals surface area contributed by atoms with Gasteiger partial charge in [-0.15, -0.1) is 0 Å². The molecule has 1 saturated heterocycles. The molecular formula is C11H13F2N. The minimum atomic E-state index is -0.778. The highest BCUT2D eigenvalue weighted by Gasteiger charge is 2.22. The second kappa shape index (κ2) is 3.65. The zero-order valence-electron chi connectivity index (χ0n) is 8.06. The summed E-state index contributed by atoms with van der Waals surface area (Å²) >= 11 is 0. The number of halogens is 2. The zero-order valence-corrected chi connectivity index (χ0v) is 8.06. The van der Waals surface area contributed by atoms with Crippen molar-refractivity contribution in [2.75, 3.05) is 0 Å². The lowest BCUT2D eigenvalue weighted by Crippen LogP contribution is -2.20. The Bertz CT molecular complexity index is 338. The van der Waals surface area contributed by atoms with Crippen molar-refractivity contribution < 1.29 is 8.78 Å². The third kappa shape index (κ3) is 1.77. The van der Waals surface area contributed by atoms with E-state index in [1.165, 1.54) is 12.1 Å². The second-order valence-electron chi connectivity index (χ2n) is 3.87. The van der Waals surface area contributed by atoms with E-state index in [2.05, 4.69) is 12.2 Å². The van der Waals surface area contributed by atoms with Crippen LogP contribution in [0.4, 0.5) is 8.78 Å². The molecule has 0 amide bonds. The standard InChI is InChI=1S/C11H13F2N/c1-7-2-5-11(14-7)8-3-4-9(12)10(13)6-8/h3-4,6-7,11,14H,2,5H2,1H3/t7-,11?/m0/s1. The maximum Gasteiger partial charge on any atom is 0.159 e. The lowest BCUT2D eigenvalue weighted by atomic mass is 10.1. The third-order valence-electron chi connectivity index (χ3n) is 2.72. The first-order valence-corrected chi connectivity index (χ1v) is 4.88. The van der Waals surface area contributed by atoms with E-state index in [-0.39, 0.29) is 6.04 Å². The fourth-order valence-corrected chi connectivity index (χ4v) is 1.92. The first kappa shape index (κ1) is 9.59. The van der Waals surface area contributed by atoms with Crippen LogP contribution < -0.4 is 5.32 Å². The Balaban J connectivity index is 2.20. The van der Waals surface area contributed by atoms with Crippen molar-refractivity contribution >= 4 is 0 Å². The third-order valence-corrected chi connectivity index (χ3v) is 2.72. The summed E-state index contributed by atoms with van der Waals surface area (Å²) in [6, 6.07) is 4.77. The van der Waals surface area contributed by atoms with Gasteiger partial charge in [-0.1, -0.05) is 6.07 Å². The number of nitrogens with one attached hydrogen (secondary N) is 1. The van der Waals surface area contributed by atoms with Crippen LogP contribution in [0.1, 0.15) is 31.4 Å². The topological polar surface area (TPSA) is 12.0 Å². The van der Waals surface area contributed by atoms with Gasteiger partial charge in [0.1, 0.15) is 0 Å². The molecule has 2 atom stereocenters. The van der Waals surface area contributed by atoms with Crippen molar-refractivity contribution in [3.8, 4) is 0 Å². The average molecular weight is 197 g/mol. The minimum Gasteiger partial charge on any atom is -0.307 e. The van der Waals surface area contributed by atoms with Crippen LogP contribution in [0.3, 0.4) is 0 Å². The summed E-state index contributed by atoms with van der Waals surface area (Å²) in [5.74, 6) is -1.54. The first-order valence-electron chi connectivity index (χ1n) is 4.88. The van der Waals surface area contributed by atoms with E-state index < -0.39 is 11.6 Å². The molecule has 14 heavy (non-hydrogen) atoms. The molecule has 1 aliphatic heterocycles. The van der Waals surface area contributed by atoms with Gasteiger partial charge in [-0.2, -0.15) is 0 Å². The molecule has 1 unspecified atom stereocenters. The van der Waals surface area contributed by atoms with Crippen molar-refractivity contribution in [1.82, 2.24) is 5.32 Å². The van der Waals surface area contributed by atoms with Gasteiger partial charge in [-0.3, -0.25) is 0 Å². The highest BCUT2D eigenvalue weighted by Crippen LogP contribution is 2.26. The van der Waals surface area contributed by atoms with Gasteiger partial charge in [0, 0.05) is 12.1 Å². The van der Waals surface area contributed by atoms with E-state index in [0.717, 1.165) is 18.4 Å². The van der Waals surface area contributed by atoms with Crippen LogP contribution in [0.5, 0.6) is 0 Å². The zero-order chi connectivity index (χ0) is 10.1. The lowest BCUT2D eigenvalue weighted by molar-refractivity contribution is 0.502. The van der Waals surface area contributed by atoms with Crippen molar-refractivity contribution in [2.24, 2.45) is 0 Å². The lowest BCUT2D eigenvalue weighted by Gasteiger charge is -2.12. The molecule has 0 aliphatic carbocycles. The summed E-state index contributed by atoms with van der Waals surface area (Å²) < 4.78 is 25.6. The smallest absolute Gasteiger partial charge is 0.159 e. The number of benzene rings is 1. The number of hydrogen-bond donors (Lipinski definition) is 1. The highest BCUT2D eigenvalue weighted by molar-refractivity contribution is 5.22. The Morgan fingerprint density at radius 2 is 2.00 bits per heavy atom. The number of rotatable bonds is 1. The molecule has 1 fully saturated rings. The molecule has 1 heterocycles. The molecule has 0 aromatic heterocycles. The van der Waals surface area contributed by atoms with Gasteiger partial charge >= 0.3 is 0 Å².